The molecule has 0 saturated carbocycles. The van der Waals surface area contributed by atoms with Gasteiger partial charge in [0.1, 0.15) is 85.5 Å². The van der Waals surface area contributed by atoms with E-state index in [0.29, 0.717) is 0 Å². The fraction of sp³-hybridized carbons (Fsp3) is 0.886. The Morgan fingerprint density at radius 3 is 1.62 bits per heavy atom. The van der Waals surface area contributed by atoms with Crippen LogP contribution in [0.5, 0.6) is 0 Å². The number of hydrogen-bond acceptors (Lipinski definition) is 25. The van der Waals surface area contributed by atoms with Crippen molar-refractivity contribution in [3.05, 3.63) is 0 Å². The average Bonchev–Trinajstić information content (AvgIpc) is 3.24. The van der Waals surface area contributed by atoms with E-state index < -0.39 is 197 Å². The molecule has 0 aromatic heterocycles. The van der Waals surface area contributed by atoms with Crippen LogP contribution in [0.2, 0.25) is 0 Å². The fourth-order valence-electron chi connectivity index (χ4n) is 7.94. The van der Waals surface area contributed by atoms with Crippen LogP contribution in [0.1, 0.15) is 26.7 Å². The van der Waals surface area contributed by atoms with E-state index in [2.05, 4.69) is 10.6 Å². The third-order valence-corrected chi connectivity index (χ3v) is 11.2. The molecule has 29 heteroatoms. The van der Waals surface area contributed by atoms with Crippen LogP contribution in [0.25, 0.3) is 0 Å². The molecule has 0 spiro atoms. The number of aliphatic hydroxyl groups excluding tert-OH is 13. The lowest BCUT2D eigenvalue weighted by molar-refractivity contribution is -0.387. The number of hydrogen-bond donors (Lipinski definition) is 17. The van der Waals surface area contributed by atoms with Gasteiger partial charge < -0.3 is 125 Å². The summed E-state index contributed by atoms with van der Waals surface area (Å²) in [5.74, 6) is -12.6. The number of carboxylic acids is 2. The molecule has 0 bridgehead atoms. The molecule has 4 rings (SSSR count). The van der Waals surface area contributed by atoms with E-state index in [1.54, 1.807) is 0 Å². The summed E-state index contributed by atoms with van der Waals surface area (Å²) in [4.78, 5) is 50.4. The van der Waals surface area contributed by atoms with E-state index >= 15 is 0 Å². The van der Waals surface area contributed by atoms with Crippen molar-refractivity contribution in [2.45, 2.75) is 161 Å². The number of nitrogens with one attached hydrogen (secondary N) is 2. The molecular weight excluding hydrogens is 880 g/mol. The minimum Gasteiger partial charge on any atom is -0.477 e. The lowest BCUT2D eigenvalue weighted by Crippen LogP contribution is -2.72. The van der Waals surface area contributed by atoms with Gasteiger partial charge in [0.05, 0.1) is 50.7 Å². The maximum absolute atomic E-state index is 13.2. The Balaban J connectivity index is 1.71. The van der Waals surface area contributed by atoms with Crippen LogP contribution in [0.3, 0.4) is 0 Å². The van der Waals surface area contributed by atoms with Crippen LogP contribution in [-0.2, 0) is 57.1 Å². The number of rotatable bonds is 19. The van der Waals surface area contributed by atoms with E-state index in [1.807, 2.05) is 0 Å². The molecule has 4 aliphatic heterocycles. The number of ether oxygens (including phenoxy) is 8. The van der Waals surface area contributed by atoms with Gasteiger partial charge in [-0.1, -0.05) is 0 Å². The molecule has 4 heterocycles. The van der Waals surface area contributed by atoms with Crippen molar-refractivity contribution in [2.24, 2.45) is 0 Å². The average molecular weight is 939 g/mol. The summed E-state index contributed by atoms with van der Waals surface area (Å²) in [5, 5.41) is 164. The monoisotopic (exact) mass is 938 g/mol. The highest BCUT2D eigenvalue weighted by atomic mass is 16.8. The molecule has 4 aliphatic rings. The first-order valence-corrected chi connectivity index (χ1v) is 19.7. The first-order chi connectivity index (χ1) is 30.0. The predicted octanol–water partition coefficient (Wildman–Crippen LogP) is -10.4. The molecule has 29 nitrogen and oxygen atoms in total. The summed E-state index contributed by atoms with van der Waals surface area (Å²) in [7, 11) is 1.12. The third kappa shape index (κ3) is 11.2. The summed E-state index contributed by atoms with van der Waals surface area (Å²) in [5.41, 5.74) is 0. The highest BCUT2D eigenvalue weighted by Gasteiger charge is 2.62. The van der Waals surface area contributed by atoms with Crippen LogP contribution in [0, 0.1) is 0 Å². The van der Waals surface area contributed by atoms with Crippen molar-refractivity contribution >= 4 is 23.8 Å². The lowest BCUT2D eigenvalue weighted by atomic mass is 9.87. The van der Waals surface area contributed by atoms with Crippen molar-refractivity contribution < 1.29 is 134 Å². The van der Waals surface area contributed by atoms with Gasteiger partial charge in [0, 0.05) is 33.8 Å². The zero-order valence-electron chi connectivity index (χ0n) is 34.4. The molecule has 64 heavy (non-hydrogen) atoms. The van der Waals surface area contributed by atoms with Crippen LogP contribution >= 0.6 is 0 Å². The molecule has 17 N–H and O–H groups in total. The first kappa shape index (κ1) is 53.7. The Morgan fingerprint density at radius 1 is 0.656 bits per heavy atom. The first-order valence-electron chi connectivity index (χ1n) is 19.7. The van der Waals surface area contributed by atoms with Gasteiger partial charge in [-0.05, 0) is 0 Å². The van der Waals surface area contributed by atoms with Crippen LogP contribution in [0.4, 0.5) is 0 Å². The van der Waals surface area contributed by atoms with Crippen LogP contribution < -0.4 is 10.6 Å². The van der Waals surface area contributed by atoms with Crippen molar-refractivity contribution in [3.63, 3.8) is 0 Å². The van der Waals surface area contributed by atoms with Crippen molar-refractivity contribution in [1.82, 2.24) is 10.6 Å². The Bertz CT molecular complexity index is 1580. The number of aliphatic hydroxyl groups is 13. The maximum Gasteiger partial charge on any atom is 0.364 e. The number of aliphatic carboxylic acids is 2. The normalized spacial score (nSPS) is 42.4. The van der Waals surface area contributed by atoms with Crippen LogP contribution in [-0.4, -0.2) is 268 Å². The largest absolute Gasteiger partial charge is 0.477 e. The molecule has 22 atom stereocenters. The number of amides is 2. The molecule has 0 unspecified atom stereocenters. The van der Waals surface area contributed by atoms with Gasteiger partial charge in [-0.15, -0.1) is 0 Å². The van der Waals surface area contributed by atoms with Gasteiger partial charge in [-0.25, -0.2) is 9.59 Å². The van der Waals surface area contributed by atoms with E-state index in [0.717, 1.165) is 21.0 Å². The van der Waals surface area contributed by atoms with Crippen molar-refractivity contribution in [3.8, 4) is 0 Å². The van der Waals surface area contributed by atoms with Gasteiger partial charge in [0.15, 0.2) is 12.6 Å². The SMILES string of the molecule is CO[C@@H]1O[C@H](CO)[C@@H](O[C@@H]2O[C@H](CO)[C@H](O)[C@H](O[C@]3(C(=O)O)C[C@H](O)[C@@H](NC(C)=O)[C@H]([C@H](O)[C@@H](CO)O[C@]4(C(=O)O)C[C@H](O)[C@@H](NC(C)=O)[C@H]([C@H](O)[C@H](O)CO)O4)O3)[C@H]2O)[C@H](O)[C@H]1O. The molecule has 4 saturated heterocycles. The summed E-state index contributed by atoms with van der Waals surface area (Å²) in [6, 6.07) is -3.55. The molecule has 370 valence electrons. The van der Waals surface area contributed by atoms with Gasteiger partial charge in [0.2, 0.25) is 11.8 Å². The molecule has 0 aromatic rings. The molecule has 0 aromatic carbocycles. The number of methoxy groups -OCH3 is 1. The lowest BCUT2D eigenvalue weighted by Gasteiger charge is -2.51. The minimum absolute atomic E-state index is 0.832. The number of carbonyl (C=O) groups excluding carboxylic acids is 2. The van der Waals surface area contributed by atoms with Gasteiger partial charge in [-0.3, -0.25) is 9.59 Å². The summed E-state index contributed by atoms with van der Waals surface area (Å²) < 4.78 is 43.9. The maximum atomic E-state index is 13.2. The zero-order chi connectivity index (χ0) is 48.2. The molecule has 0 aliphatic carbocycles. The number of carbonyl (C=O) groups is 4. The fourth-order valence-corrected chi connectivity index (χ4v) is 7.94. The number of carboxylic acid groups (broad SMARTS) is 2. The second-order valence-electron chi connectivity index (χ2n) is 15.7. The Kier molecular flexibility index (Phi) is 18.6. The van der Waals surface area contributed by atoms with E-state index in [-0.39, 0.29) is 0 Å². The Morgan fingerprint density at radius 2 is 1.16 bits per heavy atom. The van der Waals surface area contributed by atoms with Crippen LogP contribution in [0.15, 0.2) is 0 Å². The quantitative estimate of drug-likeness (QED) is 0.0572. The molecule has 4 fully saturated rings. The van der Waals surface area contributed by atoms with Gasteiger partial charge in [-0.2, -0.15) is 0 Å². The summed E-state index contributed by atoms with van der Waals surface area (Å²) in [6.07, 6.45) is -39.3. The van der Waals surface area contributed by atoms with E-state index in [1.165, 1.54) is 0 Å². The zero-order valence-corrected chi connectivity index (χ0v) is 34.4. The topological polar surface area (TPSA) is 470 Å². The van der Waals surface area contributed by atoms with E-state index in [4.69, 9.17) is 37.9 Å². The summed E-state index contributed by atoms with van der Waals surface area (Å²) in [6.45, 7) is -2.62. The van der Waals surface area contributed by atoms with Crippen molar-refractivity contribution in [2.75, 3.05) is 33.5 Å². The van der Waals surface area contributed by atoms with E-state index in [9.17, 15) is 95.8 Å². The van der Waals surface area contributed by atoms with Gasteiger partial charge in [0.25, 0.3) is 11.6 Å². The molecule has 0 radical (unpaired) electrons. The molecule has 2 amide bonds. The minimum atomic E-state index is -3.32. The molecular formula is C35H58N2O27. The Hall–Kier alpha value is -2.96. The van der Waals surface area contributed by atoms with Gasteiger partial charge >= 0.3 is 11.9 Å². The smallest absolute Gasteiger partial charge is 0.364 e. The standard InChI is InChI=1S/C35H58N2O27/c1-10(42)36-18-12(44)4-34(32(53)54,62-27(18)20(47)14(46)6-38)61-16(8-40)22(49)28-19(37-11(2)43)13(45)5-35(63-28,33(55)56)64-29-21(48)15(7-39)58-31(25(29)52)60-26-17(9-41)59-30(57-3)24(51)23(26)50/h12-31,38-41,44-52H,4-9H2,1-3H3,(H,36,42)(H,37,43)(H,53,54)(H,55,56)/t12-,13-,14+,15+,16+,17+,18+,19+,20+,21-,22+,23+,24+,25+,26+,27+,28+,29-,30+,31-,34+,35-/m0/s1. The highest BCUT2D eigenvalue weighted by molar-refractivity contribution is 5.77. The highest BCUT2D eigenvalue weighted by Crippen LogP contribution is 2.40. The summed E-state index contributed by atoms with van der Waals surface area (Å²) >= 11 is 0. The third-order valence-electron chi connectivity index (χ3n) is 11.2. The second kappa shape index (κ2) is 22.2. The Labute approximate surface area is 362 Å². The van der Waals surface area contributed by atoms with Crippen molar-refractivity contribution in [1.29, 1.82) is 0 Å². The second-order valence-corrected chi connectivity index (χ2v) is 15.7. The predicted molar refractivity (Wildman–Crippen MR) is 196 cm³/mol.